The summed E-state index contributed by atoms with van der Waals surface area (Å²) in [6, 6.07) is 16.1. The van der Waals surface area contributed by atoms with Crippen LogP contribution >= 0.6 is 0 Å². The van der Waals surface area contributed by atoms with E-state index in [2.05, 4.69) is 11.8 Å². The van der Waals surface area contributed by atoms with Crippen molar-refractivity contribution in [1.29, 1.82) is 0 Å². The Kier molecular flexibility index (Phi) is 7.58. The van der Waals surface area contributed by atoms with Gasteiger partial charge in [0.1, 0.15) is 5.78 Å². The molecule has 2 aromatic carbocycles. The molecular formula is C37H46N2O5. The Bertz CT molecular complexity index is 1420. The van der Waals surface area contributed by atoms with Crippen molar-refractivity contribution in [3.05, 3.63) is 71.3 Å². The first kappa shape index (κ1) is 29.8. The Morgan fingerprint density at radius 2 is 1.48 bits per heavy atom. The number of aliphatic hydroxyl groups is 2. The number of nitrogens with zero attached hydrogens (tertiary/aromatic N) is 2. The molecule has 5 fully saturated rings. The van der Waals surface area contributed by atoms with E-state index < -0.39 is 11.2 Å². The fourth-order valence-electron chi connectivity index (χ4n) is 10.1. The number of carbonyl (C=O) groups is 3. The number of benzene rings is 2. The van der Waals surface area contributed by atoms with Crippen LogP contribution in [-0.4, -0.2) is 81.4 Å². The summed E-state index contributed by atoms with van der Waals surface area (Å²) in [5.41, 5.74) is -0.295. The number of carbonyl (C=O) groups excluding carboxylic acids is 3. The summed E-state index contributed by atoms with van der Waals surface area (Å²) >= 11 is 0. The van der Waals surface area contributed by atoms with Crippen molar-refractivity contribution >= 4 is 17.5 Å². The zero-order chi connectivity index (χ0) is 30.7. The van der Waals surface area contributed by atoms with E-state index in [1.807, 2.05) is 23.1 Å². The molecule has 1 aliphatic heterocycles. The number of ketones is 2. The van der Waals surface area contributed by atoms with Crippen molar-refractivity contribution in [2.24, 2.45) is 29.1 Å². The van der Waals surface area contributed by atoms with E-state index in [1.165, 1.54) is 0 Å². The minimum Gasteiger partial charge on any atom is -0.389 e. The third kappa shape index (κ3) is 5.05. The van der Waals surface area contributed by atoms with Crippen LogP contribution in [0.2, 0.25) is 0 Å². The van der Waals surface area contributed by atoms with Crippen molar-refractivity contribution < 1.29 is 24.6 Å². The summed E-state index contributed by atoms with van der Waals surface area (Å²) in [7, 11) is 0. The SMILES string of the molecule is C[C@]12CC[C@](O)(CN3CCN(C(=O)c4ccc(C(=O)c5ccccc5)cc4)CC3)C[C@]1(O)CC[C@H]1[C@@H]3CCC(=O)[C@H]3CC[C@@H]12. The van der Waals surface area contributed by atoms with Crippen LogP contribution in [0.1, 0.15) is 91.0 Å². The summed E-state index contributed by atoms with van der Waals surface area (Å²) in [5, 5.41) is 24.1. The molecule has 0 unspecified atom stereocenters. The van der Waals surface area contributed by atoms with Gasteiger partial charge in [0.25, 0.3) is 5.91 Å². The average molecular weight is 599 g/mol. The third-order valence-electron chi connectivity index (χ3n) is 12.6. The van der Waals surface area contributed by atoms with E-state index in [1.54, 1.807) is 36.4 Å². The minimum absolute atomic E-state index is 0.0414. The van der Waals surface area contributed by atoms with Crippen LogP contribution in [0.25, 0.3) is 0 Å². The van der Waals surface area contributed by atoms with Crippen molar-refractivity contribution in [3.8, 4) is 0 Å². The maximum atomic E-state index is 13.3. The number of rotatable bonds is 5. The predicted molar refractivity (Wildman–Crippen MR) is 167 cm³/mol. The van der Waals surface area contributed by atoms with Crippen LogP contribution in [0, 0.1) is 29.1 Å². The minimum atomic E-state index is -0.949. The summed E-state index contributed by atoms with van der Waals surface area (Å²) < 4.78 is 0. The Hall–Kier alpha value is -2.87. The van der Waals surface area contributed by atoms with E-state index in [-0.39, 0.29) is 23.0 Å². The van der Waals surface area contributed by atoms with Gasteiger partial charge in [-0.25, -0.2) is 0 Å². The maximum Gasteiger partial charge on any atom is 0.253 e. The van der Waals surface area contributed by atoms with Crippen molar-refractivity contribution in [2.45, 2.75) is 75.9 Å². The predicted octanol–water partition coefficient (Wildman–Crippen LogP) is 4.74. The van der Waals surface area contributed by atoms with E-state index in [4.69, 9.17) is 0 Å². The van der Waals surface area contributed by atoms with E-state index >= 15 is 0 Å². The van der Waals surface area contributed by atoms with E-state index in [9.17, 15) is 24.6 Å². The number of Topliss-reactive ketones (excluding diaryl/α,β-unsaturated/α-hetero) is 1. The number of hydrogen-bond acceptors (Lipinski definition) is 6. The highest BCUT2D eigenvalue weighted by Crippen LogP contribution is 2.65. The Labute approximate surface area is 260 Å². The summed E-state index contributed by atoms with van der Waals surface area (Å²) in [6.07, 6.45) is 7.32. The highest BCUT2D eigenvalue weighted by molar-refractivity contribution is 6.09. The molecule has 1 heterocycles. The summed E-state index contributed by atoms with van der Waals surface area (Å²) in [4.78, 5) is 42.6. The van der Waals surface area contributed by atoms with Crippen LogP contribution in [0.3, 0.4) is 0 Å². The molecule has 2 N–H and O–H groups in total. The highest BCUT2D eigenvalue weighted by Gasteiger charge is 2.64. The summed E-state index contributed by atoms with van der Waals surface area (Å²) in [5.74, 6) is 2.07. The Balaban J connectivity index is 0.947. The van der Waals surface area contributed by atoms with Crippen LogP contribution < -0.4 is 0 Å². The standard InChI is InChI=1S/C37H46N2O5/c1-35-17-18-36(43,23-37(35,44)16-15-29-28-12-14-32(40)30(28)11-13-31(29)35)24-38-19-21-39(22-20-38)34(42)27-9-7-26(8-10-27)33(41)25-5-3-2-4-6-25/h2-10,28-31,43-44H,11-24H2,1H3/t28-,29-,30-,31-,35+,36+,37+/m0/s1. The van der Waals surface area contributed by atoms with Gasteiger partial charge in [-0.15, -0.1) is 0 Å². The van der Waals surface area contributed by atoms with Gasteiger partial charge in [-0.1, -0.05) is 49.4 Å². The molecule has 4 saturated carbocycles. The molecule has 7 atom stereocenters. The Morgan fingerprint density at radius 3 is 2.20 bits per heavy atom. The van der Waals surface area contributed by atoms with Gasteiger partial charge in [-0.2, -0.15) is 0 Å². The van der Waals surface area contributed by atoms with Crippen molar-refractivity contribution in [1.82, 2.24) is 9.80 Å². The molecule has 5 aliphatic rings. The quantitative estimate of drug-likeness (QED) is 0.483. The van der Waals surface area contributed by atoms with Crippen LogP contribution in [-0.2, 0) is 4.79 Å². The molecule has 1 saturated heterocycles. The largest absolute Gasteiger partial charge is 0.389 e. The van der Waals surface area contributed by atoms with Gasteiger partial charge in [0, 0.05) is 68.2 Å². The number of fused-ring (bicyclic) bond motifs is 5. The molecule has 0 aromatic heterocycles. The van der Waals surface area contributed by atoms with Gasteiger partial charge in [0.15, 0.2) is 5.78 Å². The molecule has 7 heteroatoms. The number of piperazine rings is 1. The zero-order valence-corrected chi connectivity index (χ0v) is 25.9. The molecular weight excluding hydrogens is 552 g/mol. The molecule has 0 bridgehead atoms. The molecule has 7 rings (SSSR count). The van der Waals surface area contributed by atoms with E-state index in [0.29, 0.717) is 92.2 Å². The third-order valence-corrected chi connectivity index (χ3v) is 12.6. The second kappa shape index (κ2) is 11.2. The van der Waals surface area contributed by atoms with Crippen LogP contribution in [0.5, 0.6) is 0 Å². The van der Waals surface area contributed by atoms with Crippen LogP contribution in [0.4, 0.5) is 0 Å². The molecule has 44 heavy (non-hydrogen) atoms. The van der Waals surface area contributed by atoms with Gasteiger partial charge in [0.2, 0.25) is 0 Å². The Morgan fingerprint density at radius 1 is 0.795 bits per heavy atom. The van der Waals surface area contributed by atoms with Crippen molar-refractivity contribution in [2.75, 3.05) is 32.7 Å². The second-order valence-corrected chi connectivity index (χ2v) is 14.9. The normalized spacial score (nSPS) is 37.2. The molecule has 2 aromatic rings. The lowest BCUT2D eigenvalue weighted by atomic mass is 9.44. The molecule has 0 spiro atoms. The lowest BCUT2D eigenvalue weighted by Crippen LogP contribution is -2.66. The van der Waals surface area contributed by atoms with Gasteiger partial charge in [-0.05, 0) is 80.2 Å². The molecule has 1 amide bonds. The van der Waals surface area contributed by atoms with Gasteiger partial charge in [-0.3, -0.25) is 19.3 Å². The zero-order valence-electron chi connectivity index (χ0n) is 25.9. The van der Waals surface area contributed by atoms with Crippen LogP contribution in [0.15, 0.2) is 54.6 Å². The maximum absolute atomic E-state index is 13.3. The monoisotopic (exact) mass is 598 g/mol. The first-order valence-corrected chi connectivity index (χ1v) is 16.8. The smallest absolute Gasteiger partial charge is 0.253 e. The number of amides is 1. The highest BCUT2D eigenvalue weighted by atomic mass is 16.3. The van der Waals surface area contributed by atoms with Gasteiger partial charge < -0.3 is 15.1 Å². The molecule has 4 aliphatic carbocycles. The number of hydrogen-bond donors (Lipinski definition) is 2. The number of β-amino-alcohol motifs (C(OH)–C–C–N with tert-alkyl or cyclic N) is 1. The fraction of sp³-hybridized carbons (Fsp3) is 0.595. The fourth-order valence-corrected chi connectivity index (χ4v) is 10.1. The van der Waals surface area contributed by atoms with Gasteiger partial charge in [0.05, 0.1) is 11.2 Å². The van der Waals surface area contributed by atoms with E-state index in [0.717, 1.165) is 38.5 Å². The lowest BCUT2D eigenvalue weighted by molar-refractivity contribution is -0.235. The van der Waals surface area contributed by atoms with Gasteiger partial charge >= 0.3 is 0 Å². The average Bonchev–Trinajstić information content (AvgIpc) is 3.42. The molecule has 7 nitrogen and oxygen atoms in total. The molecule has 234 valence electrons. The topological polar surface area (TPSA) is 98.2 Å². The first-order chi connectivity index (χ1) is 21.1. The first-order valence-electron chi connectivity index (χ1n) is 16.8. The summed E-state index contributed by atoms with van der Waals surface area (Å²) in [6.45, 7) is 5.29. The molecule has 0 radical (unpaired) electrons. The second-order valence-electron chi connectivity index (χ2n) is 14.9. The van der Waals surface area contributed by atoms with Crippen molar-refractivity contribution in [3.63, 3.8) is 0 Å². The lowest BCUT2D eigenvalue weighted by Gasteiger charge is -2.64.